The Hall–Kier alpha value is -2.15. The lowest BCUT2D eigenvalue weighted by molar-refractivity contribution is -0.384. The second-order valence-corrected chi connectivity index (χ2v) is 6.05. The maximum absolute atomic E-state index is 11.4. The van der Waals surface area contributed by atoms with Gasteiger partial charge in [-0.05, 0) is 44.0 Å². The average Bonchev–Trinajstić information content (AvgIpc) is 2.56. The van der Waals surface area contributed by atoms with Crippen molar-refractivity contribution in [1.82, 2.24) is 10.2 Å². The quantitative estimate of drug-likeness (QED) is 0.634. The zero-order valence-electron chi connectivity index (χ0n) is 13.7. The number of nitro groups is 1. The number of nitrogens with one attached hydrogen (secondary N) is 1. The van der Waals surface area contributed by atoms with Gasteiger partial charge in [0.1, 0.15) is 0 Å². The molecule has 1 aliphatic rings. The number of nitrogens with zero attached hydrogens (tertiary/aromatic N) is 3. The summed E-state index contributed by atoms with van der Waals surface area (Å²) in [4.78, 5) is 26.0. The predicted octanol–water partition coefficient (Wildman–Crippen LogP) is 1.49. The van der Waals surface area contributed by atoms with Gasteiger partial charge in [-0.25, -0.2) is 0 Å². The molecule has 1 saturated heterocycles. The fourth-order valence-corrected chi connectivity index (χ4v) is 2.93. The molecule has 1 N–H and O–H groups in total. The number of carbonyl (C=O) groups is 1. The first-order valence-corrected chi connectivity index (χ1v) is 7.88. The fourth-order valence-electron chi connectivity index (χ4n) is 2.93. The Balaban J connectivity index is 1.81. The third-order valence-corrected chi connectivity index (χ3v) is 4.39. The molecule has 7 heteroatoms. The van der Waals surface area contributed by atoms with Crippen LogP contribution in [-0.4, -0.2) is 56.0 Å². The molecule has 0 aromatic heterocycles. The number of amides is 1. The number of carbonyl (C=O) groups excluding carboxylic acids is 1. The molecule has 1 aromatic carbocycles. The van der Waals surface area contributed by atoms with Crippen molar-refractivity contribution in [1.29, 1.82) is 0 Å². The van der Waals surface area contributed by atoms with Gasteiger partial charge in [0.15, 0.2) is 0 Å². The van der Waals surface area contributed by atoms with E-state index in [-0.39, 0.29) is 16.5 Å². The predicted molar refractivity (Wildman–Crippen MR) is 89.6 cm³/mol. The van der Waals surface area contributed by atoms with Crippen molar-refractivity contribution in [2.75, 3.05) is 45.2 Å². The molecule has 0 radical (unpaired) electrons. The van der Waals surface area contributed by atoms with Crippen LogP contribution in [-0.2, 0) is 4.79 Å². The molecule has 1 heterocycles. The van der Waals surface area contributed by atoms with Crippen molar-refractivity contribution in [3.05, 3.63) is 34.4 Å². The summed E-state index contributed by atoms with van der Waals surface area (Å²) in [6, 6.07) is 6.66. The van der Waals surface area contributed by atoms with Crippen molar-refractivity contribution in [3.63, 3.8) is 0 Å². The van der Waals surface area contributed by atoms with Crippen LogP contribution in [0.2, 0.25) is 0 Å². The molecule has 0 bridgehead atoms. The highest BCUT2D eigenvalue weighted by atomic mass is 16.6. The Morgan fingerprint density at radius 1 is 1.35 bits per heavy atom. The number of hydrogen-bond acceptors (Lipinski definition) is 5. The van der Waals surface area contributed by atoms with E-state index >= 15 is 0 Å². The van der Waals surface area contributed by atoms with E-state index in [1.165, 1.54) is 12.1 Å². The molecule has 0 unspecified atom stereocenters. The van der Waals surface area contributed by atoms with Gasteiger partial charge in [-0.3, -0.25) is 19.8 Å². The molecule has 0 spiro atoms. The number of nitro benzene ring substituents is 1. The number of non-ortho nitro benzene ring substituents is 1. The first-order valence-electron chi connectivity index (χ1n) is 7.88. The second-order valence-electron chi connectivity index (χ2n) is 6.05. The topological polar surface area (TPSA) is 78.7 Å². The van der Waals surface area contributed by atoms with Gasteiger partial charge in [0.25, 0.3) is 5.69 Å². The maximum atomic E-state index is 11.4. The van der Waals surface area contributed by atoms with Gasteiger partial charge in [-0.2, -0.15) is 0 Å². The van der Waals surface area contributed by atoms with Crippen LogP contribution in [0.5, 0.6) is 0 Å². The molecule has 1 aliphatic heterocycles. The molecule has 0 saturated carbocycles. The van der Waals surface area contributed by atoms with Gasteiger partial charge in [0.2, 0.25) is 5.91 Å². The van der Waals surface area contributed by atoms with E-state index in [9.17, 15) is 14.9 Å². The number of rotatable bonds is 6. The average molecular weight is 320 g/mol. The molecule has 2 rings (SSSR count). The van der Waals surface area contributed by atoms with Gasteiger partial charge in [0, 0.05) is 38.5 Å². The standard InChI is InChI=1S/C16H24N4O3/c1-17-16(21)12-19-9-7-13(8-10-19)11-18(2)14-3-5-15(6-4-14)20(22)23/h3-6,13H,7-12H2,1-2H3,(H,17,21). The van der Waals surface area contributed by atoms with E-state index in [4.69, 9.17) is 0 Å². The molecule has 1 amide bonds. The summed E-state index contributed by atoms with van der Waals surface area (Å²) < 4.78 is 0. The van der Waals surface area contributed by atoms with Crippen molar-refractivity contribution < 1.29 is 9.72 Å². The van der Waals surface area contributed by atoms with Gasteiger partial charge in [-0.15, -0.1) is 0 Å². The van der Waals surface area contributed by atoms with Gasteiger partial charge >= 0.3 is 0 Å². The lowest BCUT2D eigenvalue weighted by atomic mass is 9.96. The molecule has 0 atom stereocenters. The number of likely N-dealkylation sites (tertiary alicyclic amines) is 1. The van der Waals surface area contributed by atoms with E-state index < -0.39 is 0 Å². The maximum Gasteiger partial charge on any atom is 0.269 e. The number of benzene rings is 1. The highest BCUT2D eigenvalue weighted by Gasteiger charge is 2.21. The monoisotopic (exact) mass is 320 g/mol. The summed E-state index contributed by atoms with van der Waals surface area (Å²) in [5.74, 6) is 0.641. The number of anilines is 1. The molecule has 1 fully saturated rings. The Morgan fingerprint density at radius 2 is 1.96 bits per heavy atom. The third-order valence-electron chi connectivity index (χ3n) is 4.39. The fraction of sp³-hybridized carbons (Fsp3) is 0.562. The first kappa shape index (κ1) is 17.2. The van der Waals surface area contributed by atoms with Gasteiger partial charge < -0.3 is 10.2 Å². The third kappa shape index (κ3) is 4.92. The molecule has 126 valence electrons. The minimum Gasteiger partial charge on any atom is -0.374 e. The van der Waals surface area contributed by atoms with Crippen LogP contribution < -0.4 is 10.2 Å². The Bertz CT molecular complexity index is 539. The number of likely N-dealkylation sites (N-methyl/N-ethyl adjacent to an activating group) is 1. The minimum absolute atomic E-state index is 0.0615. The van der Waals surface area contributed by atoms with Gasteiger partial charge in [0.05, 0.1) is 11.5 Å². The SMILES string of the molecule is CNC(=O)CN1CCC(CN(C)c2ccc([N+](=O)[O-])cc2)CC1. The molecule has 7 nitrogen and oxygen atoms in total. The molecule has 1 aromatic rings. The molecule has 23 heavy (non-hydrogen) atoms. The van der Waals surface area contributed by atoms with Crippen molar-refractivity contribution in [2.45, 2.75) is 12.8 Å². The second kappa shape index (κ2) is 7.92. The lowest BCUT2D eigenvalue weighted by Gasteiger charge is -2.34. The van der Waals surface area contributed by atoms with E-state index in [1.54, 1.807) is 19.2 Å². The molecular formula is C16H24N4O3. The zero-order valence-corrected chi connectivity index (χ0v) is 13.7. The summed E-state index contributed by atoms with van der Waals surface area (Å²) in [7, 11) is 3.67. The smallest absolute Gasteiger partial charge is 0.269 e. The Labute approximate surface area is 136 Å². The Kier molecular flexibility index (Phi) is 5.92. The number of piperidine rings is 1. The molecular weight excluding hydrogens is 296 g/mol. The normalized spacial score (nSPS) is 16.1. The van der Waals surface area contributed by atoms with Crippen LogP contribution in [0.3, 0.4) is 0 Å². The van der Waals surface area contributed by atoms with Gasteiger partial charge in [-0.1, -0.05) is 0 Å². The summed E-state index contributed by atoms with van der Waals surface area (Å²) in [6.07, 6.45) is 2.13. The highest BCUT2D eigenvalue weighted by molar-refractivity contribution is 5.77. The minimum atomic E-state index is -0.383. The van der Waals surface area contributed by atoms with Crippen LogP contribution in [0, 0.1) is 16.0 Å². The van der Waals surface area contributed by atoms with Crippen LogP contribution in [0.4, 0.5) is 11.4 Å². The van der Waals surface area contributed by atoms with E-state index in [2.05, 4.69) is 15.1 Å². The van der Waals surface area contributed by atoms with Crippen LogP contribution in [0.15, 0.2) is 24.3 Å². The summed E-state index contributed by atoms with van der Waals surface area (Å²) >= 11 is 0. The lowest BCUT2D eigenvalue weighted by Crippen LogP contribution is -2.42. The highest BCUT2D eigenvalue weighted by Crippen LogP contribution is 2.23. The van der Waals surface area contributed by atoms with E-state index in [1.807, 2.05) is 7.05 Å². The van der Waals surface area contributed by atoms with Crippen LogP contribution >= 0.6 is 0 Å². The first-order chi connectivity index (χ1) is 11.0. The summed E-state index contributed by atoms with van der Waals surface area (Å²) in [5, 5.41) is 13.3. The van der Waals surface area contributed by atoms with Crippen LogP contribution in [0.25, 0.3) is 0 Å². The van der Waals surface area contributed by atoms with E-state index in [0.717, 1.165) is 38.2 Å². The molecule has 0 aliphatic carbocycles. The van der Waals surface area contributed by atoms with Crippen molar-refractivity contribution in [2.24, 2.45) is 5.92 Å². The van der Waals surface area contributed by atoms with Crippen molar-refractivity contribution >= 4 is 17.3 Å². The number of hydrogen-bond donors (Lipinski definition) is 1. The summed E-state index contributed by atoms with van der Waals surface area (Å²) in [5.41, 5.74) is 1.10. The summed E-state index contributed by atoms with van der Waals surface area (Å²) in [6.45, 7) is 3.27. The van der Waals surface area contributed by atoms with Crippen molar-refractivity contribution in [3.8, 4) is 0 Å². The van der Waals surface area contributed by atoms with E-state index in [0.29, 0.717) is 12.5 Å². The largest absolute Gasteiger partial charge is 0.374 e. The van der Waals surface area contributed by atoms with Crippen LogP contribution in [0.1, 0.15) is 12.8 Å². The Morgan fingerprint density at radius 3 is 2.48 bits per heavy atom. The zero-order chi connectivity index (χ0) is 16.8.